The molecule has 0 aliphatic heterocycles. The van der Waals surface area contributed by atoms with E-state index in [1.165, 1.54) is 38.5 Å². The van der Waals surface area contributed by atoms with Crippen molar-refractivity contribution in [1.82, 2.24) is 5.01 Å². The molecule has 2 atom stereocenters. The first-order valence-electron chi connectivity index (χ1n) is 8.29. The van der Waals surface area contributed by atoms with Crippen LogP contribution in [-0.4, -0.2) is 18.1 Å². The third kappa shape index (κ3) is 9.01. The molecule has 0 aromatic heterocycles. The molecule has 114 valence electrons. The van der Waals surface area contributed by atoms with Gasteiger partial charge < -0.3 is 0 Å². The van der Waals surface area contributed by atoms with Gasteiger partial charge in [0.25, 0.3) is 0 Å². The molecule has 0 saturated heterocycles. The standard InChI is InChI=1S/C16H34N2O/c1-5-9-11-15(7-3)13-18(17-19)14-16(8-4)12-10-6-2/h15-16H,5-14H2,1-4H3. The minimum atomic E-state index is 0.626. The molecular formula is C16H34N2O. The summed E-state index contributed by atoms with van der Waals surface area (Å²) < 4.78 is 0. The Kier molecular flexibility index (Phi) is 12.0. The molecule has 19 heavy (non-hydrogen) atoms. The van der Waals surface area contributed by atoms with E-state index in [2.05, 4.69) is 33.0 Å². The van der Waals surface area contributed by atoms with Gasteiger partial charge in [-0.15, -0.1) is 4.91 Å². The molecule has 0 saturated carbocycles. The minimum Gasteiger partial charge on any atom is -0.260 e. The highest BCUT2D eigenvalue weighted by Gasteiger charge is 2.16. The van der Waals surface area contributed by atoms with Crippen molar-refractivity contribution in [2.45, 2.75) is 79.1 Å². The van der Waals surface area contributed by atoms with Crippen molar-refractivity contribution >= 4 is 0 Å². The molecule has 0 bridgehead atoms. The molecule has 3 nitrogen and oxygen atoms in total. The summed E-state index contributed by atoms with van der Waals surface area (Å²) in [4.78, 5) is 11.0. The Morgan fingerprint density at radius 2 is 1.26 bits per heavy atom. The second-order valence-electron chi connectivity index (χ2n) is 5.79. The van der Waals surface area contributed by atoms with Gasteiger partial charge in [0.2, 0.25) is 0 Å². The van der Waals surface area contributed by atoms with Crippen molar-refractivity contribution in [2.24, 2.45) is 17.1 Å². The number of hydrogen-bond acceptors (Lipinski definition) is 2. The van der Waals surface area contributed by atoms with Gasteiger partial charge in [-0.25, -0.2) is 0 Å². The lowest BCUT2D eigenvalue weighted by Gasteiger charge is -2.25. The Labute approximate surface area is 120 Å². The largest absolute Gasteiger partial charge is 0.260 e. The Morgan fingerprint density at radius 1 is 0.842 bits per heavy atom. The highest BCUT2D eigenvalue weighted by molar-refractivity contribution is 4.67. The lowest BCUT2D eigenvalue weighted by atomic mass is 9.96. The summed E-state index contributed by atoms with van der Waals surface area (Å²) in [5.74, 6) is 1.25. The highest BCUT2D eigenvalue weighted by atomic mass is 16.3. The van der Waals surface area contributed by atoms with E-state index in [1.807, 2.05) is 0 Å². The average Bonchev–Trinajstić information content (AvgIpc) is 2.45. The molecular weight excluding hydrogens is 236 g/mol. The minimum absolute atomic E-state index is 0.626. The van der Waals surface area contributed by atoms with Crippen LogP contribution in [0.1, 0.15) is 79.1 Å². The maximum Gasteiger partial charge on any atom is 0.0524 e. The van der Waals surface area contributed by atoms with Crippen LogP contribution in [0.5, 0.6) is 0 Å². The van der Waals surface area contributed by atoms with Crippen LogP contribution in [0.4, 0.5) is 0 Å². The first-order chi connectivity index (χ1) is 9.21. The molecule has 0 N–H and O–H groups in total. The van der Waals surface area contributed by atoms with E-state index in [1.54, 1.807) is 5.01 Å². The van der Waals surface area contributed by atoms with Crippen LogP contribution >= 0.6 is 0 Å². The van der Waals surface area contributed by atoms with Crippen LogP contribution in [0.3, 0.4) is 0 Å². The van der Waals surface area contributed by atoms with Gasteiger partial charge in [-0.05, 0) is 24.7 Å². The molecule has 0 rings (SSSR count). The number of nitrogens with zero attached hydrogens (tertiary/aromatic N) is 2. The highest BCUT2D eigenvalue weighted by Crippen LogP contribution is 2.18. The van der Waals surface area contributed by atoms with E-state index in [0.717, 1.165) is 25.9 Å². The number of nitroso groups, excluding NO2 is 1. The van der Waals surface area contributed by atoms with E-state index in [-0.39, 0.29) is 0 Å². The van der Waals surface area contributed by atoms with Crippen LogP contribution in [0.25, 0.3) is 0 Å². The smallest absolute Gasteiger partial charge is 0.0524 e. The third-order valence-corrected chi connectivity index (χ3v) is 4.14. The van der Waals surface area contributed by atoms with Gasteiger partial charge in [0, 0.05) is 13.1 Å². The van der Waals surface area contributed by atoms with Gasteiger partial charge >= 0.3 is 0 Å². The van der Waals surface area contributed by atoms with Crippen molar-refractivity contribution in [3.63, 3.8) is 0 Å². The number of hydrogen-bond donors (Lipinski definition) is 0. The Balaban J connectivity index is 4.18. The molecule has 2 unspecified atom stereocenters. The topological polar surface area (TPSA) is 32.7 Å². The van der Waals surface area contributed by atoms with Gasteiger partial charge in [0.1, 0.15) is 0 Å². The maximum absolute atomic E-state index is 11.0. The quantitative estimate of drug-likeness (QED) is 0.331. The first kappa shape index (κ1) is 18.4. The summed E-state index contributed by atoms with van der Waals surface area (Å²) in [6, 6.07) is 0. The molecule has 0 aromatic carbocycles. The van der Waals surface area contributed by atoms with Crippen LogP contribution in [0.2, 0.25) is 0 Å². The van der Waals surface area contributed by atoms with Gasteiger partial charge in [0.05, 0.1) is 5.29 Å². The van der Waals surface area contributed by atoms with E-state index in [0.29, 0.717) is 11.8 Å². The Hall–Kier alpha value is -0.600. The number of rotatable bonds is 13. The third-order valence-electron chi connectivity index (χ3n) is 4.14. The molecule has 0 heterocycles. The van der Waals surface area contributed by atoms with Gasteiger partial charge in [-0.1, -0.05) is 66.2 Å². The maximum atomic E-state index is 11.0. The number of unbranched alkanes of at least 4 members (excludes halogenated alkanes) is 2. The fourth-order valence-corrected chi connectivity index (χ4v) is 2.57. The molecule has 0 aliphatic carbocycles. The fourth-order valence-electron chi connectivity index (χ4n) is 2.57. The second kappa shape index (κ2) is 12.4. The van der Waals surface area contributed by atoms with E-state index in [4.69, 9.17) is 0 Å². The molecule has 3 heteroatoms. The van der Waals surface area contributed by atoms with E-state index < -0.39 is 0 Å². The summed E-state index contributed by atoms with van der Waals surface area (Å²) in [5.41, 5.74) is 0. The fraction of sp³-hybridized carbons (Fsp3) is 1.00. The van der Waals surface area contributed by atoms with Gasteiger partial charge in [-0.2, -0.15) is 0 Å². The summed E-state index contributed by atoms with van der Waals surface area (Å²) in [6.07, 6.45) is 9.75. The van der Waals surface area contributed by atoms with Crippen molar-refractivity contribution < 1.29 is 0 Å². The van der Waals surface area contributed by atoms with Crippen molar-refractivity contribution in [2.75, 3.05) is 13.1 Å². The Morgan fingerprint density at radius 3 is 1.53 bits per heavy atom. The summed E-state index contributed by atoms with van der Waals surface area (Å²) in [6.45, 7) is 10.6. The monoisotopic (exact) mass is 270 g/mol. The summed E-state index contributed by atoms with van der Waals surface area (Å²) in [7, 11) is 0. The molecule has 0 amide bonds. The van der Waals surface area contributed by atoms with Crippen LogP contribution in [0.15, 0.2) is 5.29 Å². The summed E-state index contributed by atoms with van der Waals surface area (Å²) >= 11 is 0. The van der Waals surface area contributed by atoms with Crippen molar-refractivity contribution in [3.05, 3.63) is 4.91 Å². The molecule has 0 aliphatic rings. The van der Waals surface area contributed by atoms with Crippen molar-refractivity contribution in [3.8, 4) is 0 Å². The molecule has 0 fully saturated rings. The van der Waals surface area contributed by atoms with E-state index >= 15 is 0 Å². The van der Waals surface area contributed by atoms with Crippen LogP contribution < -0.4 is 0 Å². The van der Waals surface area contributed by atoms with Gasteiger partial charge in [-0.3, -0.25) is 5.01 Å². The zero-order valence-electron chi connectivity index (χ0n) is 13.5. The van der Waals surface area contributed by atoms with E-state index in [9.17, 15) is 4.91 Å². The SMILES string of the molecule is CCCCC(CC)CN(CC(CC)CCCC)N=O. The average molecular weight is 270 g/mol. The van der Waals surface area contributed by atoms with Crippen LogP contribution in [-0.2, 0) is 0 Å². The molecule has 0 aromatic rings. The predicted octanol–water partition coefficient (Wildman–Crippen LogP) is 5.40. The van der Waals surface area contributed by atoms with Crippen molar-refractivity contribution in [1.29, 1.82) is 0 Å². The Bertz CT molecular complexity index is 191. The predicted molar refractivity (Wildman–Crippen MR) is 84.0 cm³/mol. The second-order valence-corrected chi connectivity index (χ2v) is 5.79. The summed E-state index contributed by atoms with van der Waals surface area (Å²) in [5, 5.41) is 5.05. The van der Waals surface area contributed by atoms with Crippen LogP contribution in [0, 0.1) is 16.7 Å². The lowest BCUT2D eigenvalue weighted by Crippen LogP contribution is -2.29. The zero-order chi connectivity index (χ0) is 14.5. The molecule has 0 radical (unpaired) electrons. The van der Waals surface area contributed by atoms with Gasteiger partial charge in [0.15, 0.2) is 0 Å². The zero-order valence-corrected chi connectivity index (χ0v) is 13.5. The lowest BCUT2D eigenvalue weighted by molar-refractivity contribution is 0.185. The normalized spacial score (nSPS) is 14.1. The molecule has 0 spiro atoms. The first-order valence-corrected chi connectivity index (χ1v) is 8.29.